The number of benzene rings is 2. The Balaban J connectivity index is 2.17. The second-order valence-electron chi connectivity index (χ2n) is 9.16. The Bertz CT molecular complexity index is 840. The van der Waals surface area contributed by atoms with E-state index in [0.29, 0.717) is 25.3 Å². The van der Waals surface area contributed by atoms with Gasteiger partial charge in [-0.25, -0.2) is 4.79 Å². The maximum atomic E-state index is 13.4. The van der Waals surface area contributed by atoms with Crippen molar-refractivity contribution in [2.45, 2.75) is 51.6 Å². The monoisotopic (exact) mass is 453 g/mol. The maximum absolute atomic E-state index is 13.4. The van der Waals surface area contributed by atoms with E-state index in [0.717, 1.165) is 18.4 Å². The molecule has 0 radical (unpaired) electrons. The Hall–Kier alpha value is -2.86. The average Bonchev–Trinajstić information content (AvgIpc) is 2.81. The molecule has 0 heterocycles. The quantitative estimate of drug-likeness (QED) is 0.514. The van der Waals surface area contributed by atoms with Gasteiger partial charge < -0.3 is 20.2 Å². The van der Waals surface area contributed by atoms with E-state index in [4.69, 9.17) is 0 Å². The maximum Gasteiger partial charge on any atom is 0.318 e. The van der Waals surface area contributed by atoms with Gasteiger partial charge in [0.25, 0.3) is 0 Å². The molecule has 3 amide bonds. The van der Waals surface area contributed by atoms with Crippen molar-refractivity contribution in [3.63, 3.8) is 0 Å². The first-order valence-electron chi connectivity index (χ1n) is 11.8. The molecule has 6 heteroatoms. The minimum Gasteiger partial charge on any atom is -0.394 e. The minimum absolute atomic E-state index is 0.122. The lowest BCUT2D eigenvalue weighted by Crippen LogP contribution is -2.55. The Morgan fingerprint density at radius 3 is 2.00 bits per heavy atom. The van der Waals surface area contributed by atoms with Gasteiger partial charge in [-0.3, -0.25) is 4.79 Å². The highest BCUT2D eigenvalue weighted by atomic mass is 16.3. The molecule has 2 rings (SSSR count). The van der Waals surface area contributed by atoms with E-state index in [1.807, 2.05) is 48.5 Å². The molecule has 33 heavy (non-hydrogen) atoms. The topological polar surface area (TPSA) is 72.9 Å². The molecular formula is C27H39N3O3. The molecule has 6 nitrogen and oxygen atoms in total. The Kier molecular flexibility index (Phi) is 10.9. The van der Waals surface area contributed by atoms with Crippen LogP contribution in [0.4, 0.5) is 4.79 Å². The molecule has 0 aromatic heterocycles. The van der Waals surface area contributed by atoms with Gasteiger partial charge in [-0.05, 0) is 36.3 Å². The second-order valence-corrected chi connectivity index (χ2v) is 9.16. The number of nitrogens with zero attached hydrogens (tertiary/aromatic N) is 2. The molecule has 0 aliphatic heterocycles. The summed E-state index contributed by atoms with van der Waals surface area (Å²) in [5.41, 5.74) is 2.15. The molecule has 2 atom stereocenters. The number of amides is 3. The van der Waals surface area contributed by atoms with Crippen LogP contribution >= 0.6 is 0 Å². The summed E-state index contributed by atoms with van der Waals surface area (Å²) in [4.78, 5) is 29.5. The summed E-state index contributed by atoms with van der Waals surface area (Å²) >= 11 is 0. The Morgan fingerprint density at radius 2 is 1.48 bits per heavy atom. The number of carbonyl (C=O) groups excluding carboxylic acids is 2. The molecule has 2 N–H and O–H groups in total. The highest BCUT2D eigenvalue weighted by Crippen LogP contribution is 2.14. The fraction of sp³-hybridized carbons (Fsp3) is 0.481. The van der Waals surface area contributed by atoms with Crippen LogP contribution in [0.3, 0.4) is 0 Å². The summed E-state index contributed by atoms with van der Waals surface area (Å²) in [6.07, 6.45) is 2.65. The van der Waals surface area contributed by atoms with Crippen LogP contribution in [0, 0.1) is 5.92 Å². The first-order chi connectivity index (χ1) is 15.8. The van der Waals surface area contributed by atoms with Gasteiger partial charge in [0.1, 0.15) is 6.04 Å². The minimum atomic E-state index is -0.676. The SMILES string of the molecule is CC(C)CCN(C(=O)NC(Cc1ccccc1)C(=O)N(C)C)[C@H](CO)CCc1ccccc1. The smallest absolute Gasteiger partial charge is 0.318 e. The molecule has 0 spiro atoms. The molecule has 0 aliphatic carbocycles. The highest BCUT2D eigenvalue weighted by Gasteiger charge is 2.28. The summed E-state index contributed by atoms with van der Waals surface area (Å²) in [7, 11) is 3.39. The summed E-state index contributed by atoms with van der Waals surface area (Å²) in [5, 5.41) is 13.1. The lowest BCUT2D eigenvalue weighted by molar-refractivity contribution is -0.130. The van der Waals surface area contributed by atoms with Crippen molar-refractivity contribution >= 4 is 11.9 Å². The van der Waals surface area contributed by atoms with Crippen molar-refractivity contribution in [3.05, 3.63) is 71.8 Å². The van der Waals surface area contributed by atoms with Gasteiger partial charge in [-0.1, -0.05) is 74.5 Å². The molecule has 2 aromatic carbocycles. The Labute approximate surface area is 198 Å². The van der Waals surface area contributed by atoms with Crippen LogP contribution in [-0.4, -0.2) is 66.2 Å². The van der Waals surface area contributed by atoms with E-state index in [1.54, 1.807) is 19.0 Å². The van der Waals surface area contributed by atoms with Crippen LogP contribution in [0.15, 0.2) is 60.7 Å². The van der Waals surface area contributed by atoms with E-state index < -0.39 is 6.04 Å². The fourth-order valence-corrected chi connectivity index (χ4v) is 3.76. The molecule has 0 saturated carbocycles. The van der Waals surface area contributed by atoms with Crippen molar-refractivity contribution in [2.24, 2.45) is 5.92 Å². The number of likely N-dealkylation sites (N-methyl/N-ethyl adjacent to an activating group) is 1. The number of aliphatic hydroxyl groups is 1. The molecule has 0 fully saturated rings. The van der Waals surface area contributed by atoms with Crippen molar-refractivity contribution < 1.29 is 14.7 Å². The van der Waals surface area contributed by atoms with E-state index in [-0.39, 0.29) is 24.6 Å². The van der Waals surface area contributed by atoms with Gasteiger partial charge in [-0.2, -0.15) is 0 Å². The third-order valence-electron chi connectivity index (χ3n) is 5.79. The van der Waals surface area contributed by atoms with Crippen LogP contribution in [-0.2, 0) is 17.6 Å². The van der Waals surface area contributed by atoms with Gasteiger partial charge in [0, 0.05) is 27.1 Å². The normalized spacial score (nSPS) is 12.8. The number of rotatable bonds is 12. The van der Waals surface area contributed by atoms with E-state index in [9.17, 15) is 14.7 Å². The molecule has 180 valence electrons. The number of hydrogen-bond donors (Lipinski definition) is 2. The zero-order valence-corrected chi connectivity index (χ0v) is 20.4. The predicted molar refractivity (Wildman–Crippen MR) is 133 cm³/mol. The zero-order valence-electron chi connectivity index (χ0n) is 20.4. The first kappa shape index (κ1) is 26.4. The van der Waals surface area contributed by atoms with Gasteiger partial charge in [0.05, 0.1) is 12.6 Å². The molecular weight excluding hydrogens is 414 g/mol. The van der Waals surface area contributed by atoms with Crippen molar-refractivity contribution in [1.82, 2.24) is 15.1 Å². The lowest BCUT2D eigenvalue weighted by Gasteiger charge is -2.33. The highest BCUT2D eigenvalue weighted by molar-refractivity contribution is 5.87. The van der Waals surface area contributed by atoms with E-state index in [1.165, 1.54) is 10.5 Å². The number of hydrogen-bond acceptors (Lipinski definition) is 3. The number of carbonyl (C=O) groups is 2. The Morgan fingerprint density at radius 1 is 0.909 bits per heavy atom. The van der Waals surface area contributed by atoms with Gasteiger partial charge in [-0.15, -0.1) is 0 Å². The largest absolute Gasteiger partial charge is 0.394 e. The third kappa shape index (κ3) is 8.89. The standard InChI is InChI=1S/C27H39N3O3/c1-21(2)17-18-30(24(20-31)16-15-22-11-7-5-8-12-22)27(33)28-25(26(32)29(3)4)19-23-13-9-6-10-14-23/h5-14,21,24-25,31H,15-20H2,1-4H3,(H,28,33)/t24-,25?/m0/s1. The van der Waals surface area contributed by atoms with Gasteiger partial charge in [0.2, 0.25) is 5.91 Å². The average molecular weight is 454 g/mol. The van der Waals surface area contributed by atoms with Crippen LogP contribution in [0.2, 0.25) is 0 Å². The number of nitrogens with one attached hydrogen (secondary N) is 1. The van der Waals surface area contributed by atoms with Crippen molar-refractivity contribution in [2.75, 3.05) is 27.2 Å². The number of aliphatic hydroxyl groups excluding tert-OH is 1. The number of aryl methyl sites for hydroxylation is 1. The summed E-state index contributed by atoms with van der Waals surface area (Å²) in [6.45, 7) is 4.63. The van der Waals surface area contributed by atoms with E-state index in [2.05, 4.69) is 31.3 Å². The molecule has 1 unspecified atom stereocenters. The summed E-state index contributed by atoms with van der Waals surface area (Å²) < 4.78 is 0. The summed E-state index contributed by atoms with van der Waals surface area (Å²) in [6, 6.07) is 18.5. The first-order valence-corrected chi connectivity index (χ1v) is 11.8. The van der Waals surface area contributed by atoms with Gasteiger partial charge in [0.15, 0.2) is 0 Å². The zero-order chi connectivity index (χ0) is 24.2. The second kappa shape index (κ2) is 13.6. The van der Waals surface area contributed by atoms with Gasteiger partial charge >= 0.3 is 6.03 Å². The lowest BCUT2D eigenvalue weighted by atomic mass is 10.0. The van der Waals surface area contributed by atoms with Crippen molar-refractivity contribution in [1.29, 1.82) is 0 Å². The summed E-state index contributed by atoms with van der Waals surface area (Å²) in [5.74, 6) is 0.262. The van der Waals surface area contributed by atoms with Crippen LogP contribution < -0.4 is 5.32 Å². The van der Waals surface area contributed by atoms with Crippen LogP contribution in [0.5, 0.6) is 0 Å². The molecule has 0 saturated heterocycles. The fourth-order valence-electron chi connectivity index (χ4n) is 3.76. The molecule has 0 aliphatic rings. The van der Waals surface area contributed by atoms with E-state index >= 15 is 0 Å². The predicted octanol–water partition coefficient (Wildman–Crippen LogP) is 3.74. The van der Waals surface area contributed by atoms with Crippen molar-refractivity contribution in [3.8, 4) is 0 Å². The van der Waals surface area contributed by atoms with Crippen LogP contribution in [0.1, 0.15) is 37.8 Å². The van der Waals surface area contributed by atoms with Crippen LogP contribution in [0.25, 0.3) is 0 Å². The number of urea groups is 1. The third-order valence-corrected chi connectivity index (χ3v) is 5.79. The molecule has 0 bridgehead atoms. The molecule has 2 aromatic rings.